The number of nitrogens with one attached hydrogen (secondary N) is 2. The molecule has 19 heavy (non-hydrogen) atoms. The number of rotatable bonds is 4. The van der Waals surface area contributed by atoms with E-state index in [0.717, 1.165) is 21.6 Å². The smallest absolute Gasteiger partial charge is 0.239 e. The zero-order chi connectivity index (χ0) is 13.1. The Morgan fingerprint density at radius 3 is 2.89 bits per heavy atom. The molecular weight excluding hydrogens is 260 g/mol. The van der Waals surface area contributed by atoms with Crippen molar-refractivity contribution in [3.05, 3.63) is 40.8 Å². The van der Waals surface area contributed by atoms with Crippen LogP contribution in [0.15, 0.2) is 36.0 Å². The molecule has 1 aromatic carbocycles. The molecule has 6 nitrogen and oxygen atoms in total. The topological polar surface area (TPSA) is 88.8 Å². The molecule has 0 aliphatic rings. The molecule has 0 atom stereocenters. The third-order valence-electron chi connectivity index (χ3n) is 2.65. The van der Waals surface area contributed by atoms with Crippen LogP contribution < -0.4 is 16.6 Å². The largest absolute Gasteiger partial charge is 0.364 e. The summed E-state index contributed by atoms with van der Waals surface area (Å²) in [5.74, 6) is 6.54. The summed E-state index contributed by atoms with van der Waals surface area (Å²) in [6.45, 7) is 0.676. The molecule has 0 aliphatic heterocycles. The predicted octanol–water partition coefficient (Wildman–Crippen LogP) is 1.98. The quantitative estimate of drug-likeness (QED) is 0.497. The summed E-state index contributed by atoms with van der Waals surface area (Å²) >= 11 is 1.60. The van der Waals surface area contributed by atoms with Crippen molar-refractivity contribution < 1.29 is 0 Å². The summed E-state index contributed by atoms with van der Waals surface area (Å²) in [6, 6.07) is 7.79. The maximum absolute atomic E-state index is 5.39. The van der Waals surface area contributed by atoms with Gasteiger partial charge in [0.2, 0.25) is 5.95 Å². The Balaban J connectivity index is 1.96. The van der Waals surface area contributed by atoms with Crippen LogP contribution >= 0.6 is 11.3 Å². The first-order valence-corrected chi connectivity index (χ1v) is 6.59. The van der Waals surface area contributed by atoms with Gasteiger partial charge in [0, 0.05) is 16.5 Å². The van der Waals surface area contributed by atoms with Gasteiger partial charge in [-0.05, 0) is 12.1 Å². The number of thiazole rings is 1. The summed E-state index contributed by atoms with van der Waals surface area (Å²) in [5, 5.41) is 4.25. The first-order valence-electron chi connectivity index (χ1n) is 5.71. The molecule has 0 spiro atoms. The third kappa shape index (κ3) is 2.47. The summed E-state index contributed by atoms with van der Waals surface area (Å²) in [5.41, 5.74) is 5.13. The molecule has 7 heteroatoms. The number of nitrogens with two attached hydrogens (primary N) is 1. The number of para-hydroxylation sites is 1. The first kappa shape index (κ1) is 11.8. The fourth-order valence-corrected chi connectivity index (χ4v) is 2.31. The number of nitrogen functional groups attached to an aromatic ring is 1. The van der Waals surface area contributed by atoms with E-state index >= 15 is 0 Å². The molecule has 0 unspecified atom stereocenters. The maximum Gasteiger partial charge on any atom is 0.239 e. The number of nitrogens with zero attached hydrogens (tertiary/aromatic N) is 3. The van der Waals surface area contributed by atoms with Gasteiger partial charge in [0.25, 0.3) is 0 Å². The van der Waals surface area contributed by atoms with Gasteiger partial charge in [0.15, 0.2) is 0 Å². The molecule has 0 amide bonds. The Labute approximate surface area is 113 Å². The minimum Gasteiger partial charge on any atom is -0.364 e. The van der Waals surface area contributed by atoms with Crippen molar-refractivity contribution >= 4 is 34.0 Å². The van der Waals surface area contributed by atoms with E-state index in [1.54, 1.807) is 11.3 Å². The van der Waals surface area contributed by atoms with Crippen LogP contribution in [-0.4, -0.2) is 15.0 Å². The summed E-state index contributed by atoms with van der Waals surface area (Å²) in [6.07, 6.45) is 1.84. The van der Waals surface area contributed by atoms with Crippen molar-refractivity contribution in [2.45, 2.75) is 6.54 Å². The van der Waals surface area contributed by atoms with Crippen molar-refractivity contribution in [2.75, 3.05) is 10.7 Å². The van der Waals surface area contributed by atoms with Crippen LogP contribution in [0.5, 0.6) is 0 Å². The standard InChI is InChI=1S/C12H12N6S/c13-18-12-16-10-4-2-1-3-9(10)11(17-12)15-6-8-5-14-7-19-8/h1-5,7H,6,13H2,(H2,15,16,17,18). The number of benzene rings is 1. The highest BCUT2D eigenvalue weighted by Gasteiger charge is 2.06. The lowest BCUT2D eigenvalue weighted by Crippen LogP contribution is -2.12. The van der Waals surface area contributed by atoms with Gasteiger partial charge in [-0.25, -0.2) is 10.8 Å². The van der Waals surface area contributed by atoms with Crippen molar-refractivity contribution in [1.29, 1.82) is 0 Å². The summed E-state index contributed by atoms with van der Waals surface area (Å²) in [4.78, 5) is 13.8. The van der Waals surface area contributed by atoms with Gasteiger partial charge in [0.05, 0.1) is 17.6 Å². The molecule has 0 fully saturated rings. The number of hydrogen-bond acceptors (Lipinski definition) is 7. The van der Waals surface area contributed by atoms with Crippen LogP contribution in [-0.2, 0) is 6.54 Å². The minimum atomic E-state index is 0.394. The van der Waals surface area contributed by atoms with E-state index < -0.39 is 0 Å². The van der Waals surface area contributed by atoms with Gasteiger partial charge < -0.3 is 5.32 Å². The average Bonchev–Trinajstić information content (AvgIpc) is 2.97. The fourth-order valence-electron chi connectivity index (χ4n) is 1.78. The van der Waals surface area contributed by atoms with E-state index in [1.165, 1.54) is 0 Å². The van der Waals surface area contributed by atoms with Crippen LogP contribution in [0.2, 0.25) is 0 Å². The van der Waals surface area contributed by atoms with E-state index in [9.17, 15) is 0 Å². The van der Waals surface area contributed by atoms with Gasteiger partial charge >= 0.3 is 0 Å². The van der Waals surface area contributed by atoms with Crippen molar-refractivity contribution in [3.63, 3.8) is 0 Å². The highest BCUT2D eigenvalue weighted by atomic mass is 32.1. The molecule has 96 valence electrons. The Morgan fingerprint density at radius 1 is 1.21 bits per heavy atom. The molecule has 2 heterocycles. The Hall–Kier alpha value is -2.25. The number of anilines is 2. The Kier molecular flexibility index (Phi) is 3.21. The predicted molar refractivity (Wildman–Crippen MR) is 76.8 cm³/mol. The van der Waals surface area contributed by atoms with E-state index in [0.29, 0.717) is 12.5 Å². The van der Waals surface area contributed by atoms with E-state index in [4.69, 9.17) is 5.84 Å². The zero-order valence-corrected chi connectivity index (χ0v) is 10.8. The van der Waals surface area contributed by atoms with Crippen LogP contribution in [0.3, 0.4) is 0 Å². The lowest BCUT2D eigenvalue weighted by Gasteiger charge is -2.09. The van der Waals surface area contributed by atoms with Gasteiger partial charge in [-0.1, -0.05) is 12.1 Å². The lowest BCUT2D eigenvalue weighted by molar-refractivity contribution is 1.10. The fraction of sp³-hybridized carbons (Fsp3) is 0.0833. The van der Waals surface area contributed by atoms with E-state index in [-0.39, 0.29) is 0 Å². The number of hydrazine groups is 1. The lowest BCUT2D eigenvalue weighted by atomic mass is 10.2. The van der Waals surface area contributed by atoms with Gasteiger partial charge in [-0.15, -0.1) is 11.3 Å². The van der Waals surface area contributed by atoms with E-state index in [2.05, 4.69) is 25.7 Å². The molecule has 0 radical (unpaired) electrons. The number of hydrogen-bond donors (Lipinski definition) is 3. The molecule has 0 saturated carbocycles. The maximum atomic E-state index is 5.39. The minimum absolute atomic E-state index is 0.394. The second-order valence-corrected chi connectivity index (χ2v) is 4.85. The van der Waals surface area contributed by atoms with Crippen molar-refractivity contribution in [3.8, 4) is 0 Å². The average molecular weight is 272 g/mol. The summed E-state index contributed by atoms with van der Waals surface area (Å²) < 4.78 is 0. The number of fused-ring (bicyclic) bond motifs is 1. The number of aromatic nitrogens is 3. The van der Waals surface area contributed by atoms with Gasteiger partial charge in [0.1, 0.15) is 5.82 Å². The Bertz CT molecular complexity index is 682. The third-order valence-corrected chi connectivity index (χ3v) is 3.43. The molecule has 3 rings (SSSR count). The van der Waals surface area contributed by atoms with E-state index in [1.807, 2.05) is 36.0 Å². The molecule has 0 saturated heterocycles. The van der Waals surface area contributed by atoms with Crippen LogP contribution in [0.4, 0.5) is 11.8 Å². The van der Waals surface area contributed by atoms with Crippen LogP contribution in [0, 0.1) is 0 Å². The zero-order valence-electron chi connectivity index (χ0n) is 10.00. The first-order chi connectivity index (χ1) is 9.36. The van der Waals surface area contributed by atoms with Gasteiger partial charge in [-0.2, -0.15) is 4.98 Å². The summed E-state index contributed by atoms with van der Waals surface area (Å²) in [7, 11) is 0. The second kappa shape index (κ2) is 5.17. The highest BCUT2D eigenvalue weighted by Crippen LogP contribution is 2.22. The van der Waals surface area contributed by atoms with Crippen LogP contribution in [0.25, 0.3) is 10.9 Å². The van der Waals surface area contributed by atoms with Crippen molar-refractivity contribution in [2.24, 2.45) is 5.84 Å². The Morgan fingerprint density at radius 2 is 2.11 bits per heavy atom. The molecule has 2 aromatic heterocycles. The van der Waals surface area contributed by atoms with Crippen molar-refractivity contribution in [1.82, 2.24) is 15.0 Å². The normalized spacial score (nSPS) is 10.6. The monoisotopic (exact) mass is 272 g/mol. The molecule has 3 aromatic rings. The van der Waals surface area contributed by atoms with Crippen LogP contribution in [0.1, 0.15) is 4.88 Å². The molecule has 0 bridgehead atoms. The molecule has 4 N–H and O–H groups in total. The van der Waals surface area contributed by atoms with Gasteiger partial charge in [-0.3, -0.25) is 10.4 Å². The second-order valence-electron chi connectivity index (χ2n) is 3.88. The SMILES string of the molecule is NNc1nc(NCc2cncs2)c2ccccc2n1. The highest BCUT2D eigenvalue weighted by molar-refractivity contribution is 7.09. The molecule has 0 aliphatic carbocycles. The molecular formula is C12H12N6S.